The van der Waals surface area contributed by atoms with Gasteiger partial charge in [-0.3, -0.25) is 14.6 Å². The smallest absolute Gasteiger partial charge is 0.273 e. The highest BCUT2D eigenvalue weighted by molar-refractivity contribution is 9.13. The number of nitrogens with one attached hydrogen (secondary N) is 2. The minimum Gasteiger partial charge on any atom is -0.351 e. The maximum Gasteiger partial charge on any atom is 0.273 e. The quantitative estimate of drug-likeness (QED) is 0.703. The molecule has 114 valence electrons. The molecule has 2 heterocycles. The molecule has 21 heavy (non-hydrogen) atoms. The first-order valence-corrected chi connectivity index (χ1v) is 8.25. The fourth-order valence-electron chi connectivity index (χ4n) is 1.86. The van der Waals surface area contributed by atoms with Crippen molar-refractivity contribution in [1.82, 2.24) is 25.3 Å². The summed E-state index contributed by atoms with van der Waals surface area (Å²) in [6, 6.07) is 0. The van der Waals surface area contributed by atoms with Gasteiger partial charge in [0.15, 0.2) is 5.69 Å². The van der Waals surface area contributed by atoms with E-state index in [1.807, 2.05) is 18.5 Å². The van der Waals surface area contributed by atoms with E-state index in [-0.39, 0.29) is 5.91 Å². The van der Waals surface area contributed by atoms with Crippen LogP contribution in [0.1, 0.15) is 28.3 Å². The summed E-state index contributed by atoms with van der Waals surface area (Å²) in [6.45, 7) is 5.04. The van der Waals surface area contributed by atoms with Crippen molar-refractivity contribution in [1.29, 1.82) is 0 Å². The van der Waals surface area contributed by atoms with E-state index in [9.17, 15) is 4.79 Å². The first-order chi connectivity index (χ1) is 9.91. The number of amides is 1. The highest BCUT2D eigenvalue weighted by Gasteiger charge is 2.16. The Morgan fingerprint density at radius 2 is 2.14 bits per heavy atom. The molecule has 0 spiro atoms. The van der Waals surface area contributed by atoms with E-state index < -0.39 is 0 Å². The molecular formula is C12H14Br2ClN5O. The van der Waals surface area contributed by atoms with Crippen LogP contribution in [0.2, 0.25) is 5.02 Å². The van der Waals surface area contributed by atoms with Crippen molar-refractivity contribution in [2.75, 3.05) is 6.54 Å². The van der Waals surface area contributed by atoms with Crippen LogP contribution < -0.4 is 5.32 Å². The van der Waals surface area contributed by atoms with Gasteiger partial charge in [0.25, 0.3) is 5.91 Å². The van der Waals surface area contributed by atoms with Crippen LogP contribution in [0.25, 0.3) is 0 Å². The number of halogens is 3. The monoisotopic (exact) mass is 437 g/mol. The van der Waals surface area contributed by atoms with Crippen LogP contribution >= 0.6 is 43.5 Å². The van der Waals surface area contributed by atoms with Crippen LogP contribution in [0.5, 0.6) is 0 Å². The van der Waals surface area contributed by atoms with Crippen molar-refractivity contribution in [3.05, 3.63) is 31.2 Å². The molecule has 0 unspecified atom stereocenters. The molecule has 0 saturated heterocycles. The van der Waals surface area contributed by atoms with Gasteiger partial charge in [0, 0.05) is 13.1 Å². The fourth-order valence-corrected chi connectivity index (χ4v) is 2.63. The minimum absolute atomic E-state index is 0.227. The van der Waals surface area contributed by atoms with E-state index in [1.165, 1.54) is 0 Å². The molecule has 6 nitrogen and oxygen atoms in total. The van der Waals surface area contributed by atoms with Crippen molar-refractivity contribution in [2.24, 2.45) is 0 Å². The van der Waals surface area contributed by atoms with Crippen LogP contribution in [0, 0.1) is 13.8 Å². The number of rotatable bonds is 5. The van der Waals surface area contributed by atoms with Crippen molar-refractivity contribution in [3.8, 4) is 0 Å². The molecule has 0 aromatic carbocycles. The zero-order valence-corrected chi connectivity index (χ0v) is 15.4. The second-order valence-corrected chi connectivity index (χ2v) is 6.48. The number of aromatic amines is 1. The van der Waals surface area contributed by atoms with Gasteiger partial charge in [-0.15, -0.1) is 0 Å². The first-order valence-electron chi connectivity index (χ1n) is 6.29. The second kappa shape index (κ2) is 6.93. The Morgan fingerprint density at radius 3 is 2.67 bits per heavy atom. The van der Waals surface area contributed by atoms with Crippen molar-refractivity contribution >= 4 is 49.4 Å². The molecule has 2 aromatic rings. The average Bonchev–Trinajstić information content (AvgIpc) is 2.91. The summed E-state index contributed by atoms with van der Waals surface area (Å²) >= 11 is 12.6. The Hall–Kier alpha value is -0.860. The third-order valence-corrected chi connectivity index (χ3v) is 5.43. The molecule has 0 bridgehead atoms. The van der Waals surface area contributed by atoms with Crippen molar-refractivity contribution in [3.63, 3.8) is 0 Å². The second-order valence-electron chi connectivity index (χ2n) is 4.52. The van der Waals surface area contributed by atoms with Gasteiger partial charge in [0.2, 0.25) is 0 Å². The predicted octanol–water partition coefficient (Wildman–Crippen LogP) is 3.22. The highest BCUT2D eigenvalue weighted by Crippen LogP contribution is 2.23. The number of H-pyrrole nitrogens is 1. The van der Waals surface area contributed by atoms with Gasteiger partial charge in [-0.05, 0) is 52.1 Å². The molecule has 1 amide bonds. The number of hydrogen-bond donors (Lipinski definition) is 2. The van der Waals surface area contributed by atoms with E-state index in [4.69, 9.17) is 11.6 Å². The maximum atomic E-state index is 11.9. The number of carbonyl (C=O) groups excluding carboxylic acids is 1. The summed E-state index contributed by atoms with van der Waals surface area (Å²) in [5, 5.41) is 14.5. The third kappa shape index (κ3) is 3.67. The Balaban J connectivity index is 1.83. The van der Waals surface area contributed by atoms with Crippen LogP contribution in [0.4, 0.5) is 0 Å². The van der Waals surface area contributed by atoms with Crippen LogP contribution in [0.15, 0.2) is 9.08 Å². The zero-order valence-electron chi connectivity index (χ0n) is 11.5. The van der Waals surface area contributed by atoms with Crippen LogP contribution in [-0.2, 0) is 6.54 Å². The van der Waals surface area contributed by atoms with E-state index in [1.54, 1.807) is 0 Å². The summed E-state index contributed by atoms with van der Waals surface area (Å²) < 4.78 is 3.11. The molecule has 0 aliphatic heterocycles. The Morgan fingerprint density at radius 1 is 1.43 bits per heavy atom. The van der Waals surface area contributed by atoms with E-state index in [2.05, 4.69) is 52.5 Å². The third-order valence-electron chi connectivity index (χ3n) is 3.01. The molecular weight excluding hydrogens is 425 g/mol. The zero-order chi connectivity index (χ0) is 15.6. The lowest BCUT2D eigenvalue weighted by molar-refractivity contribution is 0.0947. The normalized spacial score (nSPS) is 10.9. The lowest BCUT2D eigenvalue weighted by Crippen LogP contribution is -2.26. The Bertz CT molecular complexity index is 667. The predicted molar refractivity (Wildman–Crippen MR) is 87.6 cm³/mol. The molecule has 2 aromatic heterocycles. The SMILES string of the molecule is Cc1nn(CCCNC(=O)c2n[nH]c(Br)c2Br)c(C)c1Cl. The number of hydrogen-bond acceptors (Lipinski definition) is 3. The maximum absolute atomic E-state index is 11.9. The first kappa shape index (κ1) is 16.5. The lowest BCUT2D eigenvalue weighted by Gasteiger charge is -2.06. The van der Waals surface area contributed by atoms with Crippen LogP contribution in [-0.4, -0.2) is 32.4 Å². The standard InChI is InChI=1S/C12H14Br2ClN5O/c1-6-9(15)7(2)20(19-6)5-3-4-16-12(21)10-8(13)11(14)18-17-10/h3-5H2,1-2H3,(H,16,21)(H,17,18). The van der Waals surface area contributed by atoms with Gasteiger partial charge in [0.1, 0.15) is 4.60 Å². The van der Waals surface area contributed by atoms with Gasteiger partial charge in [-0.2, -0.15) is 10.2 Å². The van der Waals surface area contributed by atoms with Gasteiger partial charge in [0.05, 0.1) is 20.9 Å². The summed E-state index contributed by atoms with van der Waals surface area (Å²) in [5.74, 6) is -0.227. The van der Waals surface area contributed by atoms with E-state index >= 15 is 0 Å². The molecule has 9 heteroatoms. The molecule has 0 aliphatic carbocycles. The highest BCUT2D eigenvalue weighted by atomic mass is 79.9. The number of nitrogens with zero attached hydrogens (tertiary/aromatic N) is 3. The average molecular weight is 440 g/mol. The summed E-state index contributed by atoms with van der Waals surface area (Å²) in [5.41, 5.74) is 2.10. The Labute approximate surface area is 143 Å². The number of aromatic nitrogens is 4. The molecule has 0 saturated carbocycles. The number of carbonyl (C=O) groups is 1. The van der Waals surface area contributed by atoms with Crippen molar-refractivity contribution in [2.45, 2.75) is 26.8 Å². The van der Waals surface area contributed by atoms with Crippen LogP contribution in [0.3, 0.4) is 0 Å². The largest absolute Gasteiger partial charge is 0.351 e. The van der Waals surface area contributed by atoms with Gasteiger partial charge in [-0.1, -0.05) is 11.6 Å². The topological polar surface area (TPSA) is 75.6 Å². The summed E-state index contributed by atoms with van der Waals surface area (Å²) in [4.78, 5) is 11.9. The van der Waals surface area contributed by atoms with Crippen molar-refractivity contribution < 1.29 is 4.79 Å². The van der Waals surface area contributed by atoms with Gasteiger partial charge >= 0.3 is 0 Å². The van der Waals surface area contributed by atoms with E-state index in [0.717, 1.165) is 17.8 Å². The molecule has 0 radical (unpaired) electrons. The lowest BCUT2D eigenvalue weighted by atomic mass is 10.3. The molecule has 0 aliphatic rings. The molecule has 2 N–H and O–H groups in total. The fraction of sp³-hybridized carbons (Fsp3) is 0.417. The minimum atomic E-state index is -0.227. The van der Waals surface area contributed by atoms with Gasteiger partial charge < -0.3 is 5.32 Å². The summed E-state index contributed by atoms with van der Waals surface area (Å²) in [7, 11) is 0. The number of aryl methyl sites for hydroxylation is 2. The Kier molecular flexibility index (Phi) is 5.45. The summed E-state index contributed by atoms with van der Waals surface area (Å²) in [6.07, 6.45) is 0.757. The molecule has 0 atom stereocenters. The molecule has 2 rings (SSSR count). The molecule has 0 fully saturated rings. The van der Waals surface area contributed by atoms with E-state index in [0.29, 0.717) is 32.9 Å². The van der Waals surface area contributed by atoms with Gasteiger partial charge in [-0.25, -0.2) is 0 Å².